The molecule has 2 nitrogen and oxygen atoms in total. The molecule has 0 aromatic rings. The molecule has 3 saturated carbocycles. The molecule has 0 saturated heterocycles. The van der Waals surface area contributed by atoms with E-state index in [4.69, 9.17) is 5.73 Å². The summed E-state index contributed by atoms with van der Waals surface area (Å²) < 4.78 is 0. The minimum atomic E-state index is 0.319. The van der Waals surface area contributed by atoms with E-state index in [2.05, 4.69) is 0 Å². The van der Waals surface area contributed by atoms with Gasteiger partial charge in [-0.05, 0) is 62.7 Å². The second-order valence-electron chi connectivity index (χ2n) is 6.43. The van der Waals surface area contributed by atoms with Crippen molar-refractivity contribution >= 4 is 5.78 Å². The molecule has 16 heavy (non-hydrogen) atoms. The Hall–Kier alpha value is -0.370. The average Bonchev–Trinajstić information content (AvgIpc) is 2.84. The molecule has 1 spiro atoms. The SMILES string of the molecule is CC(=O)[C@@H]1CCC[C@@]2(C1)C1CC[C@H](C1)[C@@H]2N. The van der Waals surface area contributed by atoms with Gasteiger partial charge in [-0.2, -0.15) is 0 Å². The average molecular weight is 221 g/mol. The van der Waals surface area contributed by atoms with Crippen LogP contribution >= 0.6 is 0 Å². The summed E-state index contributed by atoms with van der Waals surface area (Å²) in [6, 6.07) is 0.397. The van der Waals surface area contributed by atoms with E-state index in [9.17, 15) is 4.79 Å². The molecule has 3 aliphatic rings. The van der Waals surface area contributed by atoms with Crippen LogP contribution in [0.25, 0.3) is 0 Å². The summed E-state index contributed by atoms with van der Waals surface area (Å²) in [6.45, 7) is 1.77. The normalized spacial score (nSPS) is 51.1. The number of ketones is 1. The Kier molecular flexibility index (Phi) is 2.39. The molecule has 0 heterocycles. The molecule has 2 N–H and O–H groups in total. The molecule has 0 amide bonds. The Morgan fingerprint density at radius 2 is 2.12 bits per heavy atom. The van der Waals surface area contributed by atoms with Gasteiger partial charge in [0.1, 0.15) is 5.78 Å². The van der Waals surface area contributed by atoms with Gasteiger partial charge in [-0.1, -0.05) is 6.42 Å². The van der Waals surface area contributed by atoms with Gasteiger partial charge in [0.25, 0.3) is 0 Å². The number of Topliss-reactive ketones (excluding diaryl/α,β-unsaturated/α-hetero) is 1. The van der Waals surface area contributed by atoms with Crippen molar-refractivity contribution in [2.45, 2.75) is 57.9 Å². The first-order valence-corrected chi connectivity index (χ1v) is 6.89. The summed E-state index contributed by atoms with van der Waals surface area (Å²) in [5.41, 5.74) is 6.84. The van der Waals surface area contributed by atoms with Crippen LogP contribution in [0.2, 0.25) is 0 Å². The van der Waals surface area contributed by atoms with E-state index in [1.807, 2.05) is 0 Å². The van der Waals surface area contributed by atoms with Crippen molar-refractivity contribution in [3.8, 4) is 0 Å². The smallest absolute Gasteiger partial charge is 0.132 e. The van der Waals surface area contributed by atoms with E-state index in [1.54, 1.807) is 6.92 Å². The first-order chi connectivity index (χ1) is 7.63. The van der Waals surface area contributed by atoms with Gasteiger partial charge in [-0.3, -0.25) is 4.79 Å². The summed E-state index contributed by atoms with van der Waals surface area (Å²) in [4.78, 5) is 11.6. The fourth-order valence-corrected chi connectivity index (χ4v) is 4.97. The number of fused-ring (bicyclic) bond motifs is 3. The number of rotatable bonds is 1. The predicted octanol–water partition coefficient (Wildman–Crippen LogP) is 2.51. The molecule has 3 rings (SSSR count). The monoisotopic (exact) mass is 221 g/mol. The Morgan fingerprint density at radius 3 is 2.75 bits per heavy atom. The number of nitrogens with two attached hydrogens (primary N) is 1. The van der Waals surface area contributed by atoms with Gasteiger partial charge in [0.05, 0.1) is 0 Å². The molecule has 2 heteroatoms. The van der Waals surface area contributed by atoms with E-state index in [-0.39, 0.29) is 0 Å². The zero-order chi connectivity index (χ0) is 11.3. The third-order valence-corrected chi connectivity index (χ3v) is 5.85. The van der Waals surface area contributed by atoms with E-state index in [1.165, 1.54) is 32.1 Å². The first kappa shape index (κ1) is 10.8. The summed E-state index contributed by atoms with van der Waals surface area (Å²) in [5.74, 6) is 2.33. The molecule has 3 aliphatic carbocycles. The predicted molar refractivity (Wildman–Crippen MR) is 63.9 cm³/mol. The summed E-state index contributed by atoms with van der Waals surface area (Å²) in [5, 5.41) is 0. The first-order valence-electron chi connectivity index (χ1n) is 6.89. The second kappa shape index (κ2) is 3.56. The number of carbonyl (C=O) groups excluding carboxylic acids is 1. The third-order valence-electron chi connectivity index (χ3n) is 5.85. The van der Waals surface area contributed by atoms with E-state index >= 15 is 0 Å². The lowest BCUT2D eigenvalue weighted by atomic mass is 9.59. The van der Waals surface area contributed by atoms with Crippen LogP contribution in [0.15, 0.2) is 0 Å². The fourth-order valence-electron chi connectivity index (χ4n) is 4.97. The minimum Gasteiger partial charge on any atom is -0.327 e. The van der Waals surface area contributed by atoms with Gasteiger partial charge in [0, 0.05) is 12.0 Å². The van der Waals surface area contributed by atoms with Gasteiger partial charge < -0.3 is 5.73 Å². The van der Waals surface area contributed by atoms with Crippen LogP contribution in [0.5, 0.6) is 0 Å². The summed E-state index contributed by atoms with van der Waals surface area (Å²) >= 11 is 0. The Balaban J connectivity index is 1.85. The van der Waals surface area contributed by atoms with E-state index in [0.717, 1.165) is 24.7 Å². The molecule has 0 aromatic heterocycles. The lowest BCUT2D eigenvalue weighted by molar-refractivity contribution is -0.124. The molecular weight excluding hydrogens is 198 g/mol. The maximum absolute atomic E-state index is 11.6. The van der Waals surface area contributed by atoms with Crippen molar-refractivity contribution in [2.75, 3.05) is 0 Å². The maximum Gasteiger partial charge on any atom is 0.132 e. The number of carbonyl (C=O) groups is 1. The van der Waals surface area contributed by atoms with Crippen LogP contribution in [0, 0.1) is 23.2 Å². The standard InChI is InChI=1S/C14H23NO/c1-9(16)11-3-2-6-14(8-11)12-5-4-10(7-12)13(14)15/h10-13H,2-8,15H2,1H3/t10-,11-,12?,13+,14-/m1/s1. The Bertz CT molecular complexity index is 310. The molecule has 0 radical (unpaired) electrons. The van der Waals surface area contributed by atoms with Gasteiger partial charge >= 0.3 is 0 Å². The van der Waals surface area contributed by atoms with Crippen LogP contribution in [0.3, 0.4) is 0 Å². The van der Waals surface area contributed by atoms with Crippen molar-refractivity contribution in [2.24, 2.45) is 28.9 Å². The van der Waals surface area contributed by atoms with Crippen molar-refractivity contribution in [1.29, 1.82) is 0 Å². The highest BCUT2D eigenvalue weighted by Crippen LogP contribution is 2.61. The van der Waals surface area contributed by atoms with Crippen LogP contribution < -0.4 is 5.73 Å². The third kappa shape index (κ3) is 1.32. The molecule has 2 bridgehead atoms. The largest absolute Gasteiger partial charge is 0.327 e. The highest BCUT2D eigenvalue weighted by molar-refractivity contribution is 5.78. The quantitative estimate of drug-likeness (QED) is 0.739. The van der Waals surface area contributed by atoms with Crippen molar-refractivity contribution < 1.29 is 4.79 Å². The Morgan fingerprint density at radius 1 is 1.31 bits per heavy atom. The highest BCUT2D eigenvalue weighted by Gasteiger charge is 2.57. The molecule has 90 valence electrons. The lowest BCUT2D eigenvalue weighted by Crippen LogP contribution is -2.49. The van der Waals surface area contributed by atoms with Crippen molar-refractivity contribution in [3.05, 3.63) is 0 Å². The van der Waals surface area contributed by atoms with Gasteiger partial charge in [0.2, 0.25) is 0 Å². The molecular formula is C14H23NO. The lowest BCUT2D eigenvalue weighted by Gasteiger charge is -2.47. The van der Waals surface area contributed by atoms with Gasteiger partial charge in [-0.15, -0.1) is 0 Å². The van der Waals surface area contributed by atoms with Crippen molar-refractivity contribution in [3.63, 3.8) is 0 Å². The zero-order valence-corrected chi connectivity index (χ0v) is 10.2. The second-order valence-corrected chi connectivity index (χ2v) is 6.43. The number of hydrogen-bond donors (Lipinski definition) is 1. The zero-order valence-electron chi connectivity index (χ0n) is 10.2. The summed E-state index contributed by atoms with van der Waals surface area (Å²) in [7, 11) is 0. The highest BCUT2D eigenvalue weighted by atomic mass is 16.1. The van der Waals surface area contributed by atoms with Gasteiger partial charge in [-0.25, -0.2) is 0 Å². The molecule has 3 fully saturated rings. The van der Waals surface area contributed by atoms with Crippen LogP contribution in [0.4, 0.5) is 0 Å². The molecule has 1 unspecified atom stereocenters. The topological polar surface area (TPSA) is 43.1 Å². The van der Waals surface area contributed by atoms with Gasteiger partial charge in [0.15, 0.2) is 0 Å². The minimum absolute atomic E-state index is 0.319. The van der Waals surface area contributed by atoms with E-state index in [0.29, 0.717) is 23.2 Å². The van der Waals surface area contributed by atoms with Crippen LogP contribution in [-0.4, -0.2) is 11.8 Å². The van der Waals surface area contributed by atoms with Crippen LogP contribution in [-0.2, 0) is 4.79 Å². The maximum atomic E-state index is 11.6. The fraction of sp³-hybridized carbons (Fsp3) is 0.929. The van der Waals surface area contributed by atoms with Crippen LogP contribution in [0.1, 0.15) is 51.9 Å². The Labute approximate surface area is 98.0 Å². The molecule has 5 atom stereocenters. The summed E-state index contributed by atoms with van der Waals surface area (Å²) in [6.07, 6.45) is 8.80. The molecule has 0 aromatic carbocycles. The van der Waals surface area contributed by atoms with Crippen molar-refractivity contribution in [1.82, 2.24) is 0 Å². The van der Waals surface area contributed by atoms with E-state index < -0.39 is 0 Å². The molecule has 0 aliphatic heterocycles. The number of hydrogen-bond acceptors (Lipinski definition) is 2.